The molecule has 1 unspecified atom stereocenters. The lowest BCUT2D eigenvalue weighted by Crippen LogP contribution is -2.49. The summed E-state index contributed by atoms with van der Waals surface area (Å²) in [7, 11) is 4.06. The smallest absolute Gasteiger partial charge is 0.337 e. The molecule has 3 amide bonds. The summed E-state index contributed by atoms with van der Waals surface area (Å²) >= 11 is 0. The van der Waals surface area contributed by atoms with E-state index in [1.807, 2.05) is 0 Å². The van der Waals surface area contributed by atoms with Crippen LogP contribution in [-0.4, -0.2) is 68.8 Å². The Labute approximate surface area is 178 Å². The predicted molar refractivity (Wildman–Crippen MR) is 106 cm³/mol. The second-order valence-electron chi connectivity index (χ2n) is 6.66. The fourth-order valence-corrected chi connectivity index (χ4v) is 3.29. The van der Waals surface area contributed by atoms with Crippen LogP contribution in [0.25, 0.3) is 0 Å². The number of benzene rings is 1. The third kappa shape index (κ3) is 4.49. The number of amides is 3. The summed E-state index contributed by atoms with van der Waals surface area (Å²) in [6.45, 7) is -0.0919. The van der Waals surface area contributed by atoms with Gasteiger partial charge < -0.3 is 23.5 Å². The molecule has 0 saturated carbocycles. The number of esters is 1. The van der Waals surface area contributed by atoms with Gasteiger partial charge in [-0.1, -0.05) is 0 Å². The molecule has 0 N–H and O–H groups in total. The van der Waals surface area contributed by atoms with Crippen LogP contribution in [0, 0.1) is 0 Å². The van der Waals surface area contributed by atoms with E-state index in [2.05, 4.69) is 4.74 Å². The molecule has 1 aliphatic heterocycles. The van der Waals surface area contributed by atoms with Gasteiger partial charge in [-0.3, -0.25) is 14.4 Å². The number of imide groups is 1. The summed E-state index contributed by atoms with van der Waals surface area (Å²) in [5, 5.41) is 0. The average molecular weight is 430 g/mol. The van der Waals surface area contributed by atoms with Crippen molar-refractivity contribution in [3.05, 3.63) is 54.0 Å². The summed E-state index contributed by atoms with van der Waals surface area (Å²) in [4.78, 5) is 52.7. The number of anilines is 1. The van der Waals surface area contributed by atoms with E-state index in [0.29, 0.717) is 0 Å². The van der Waals surface area contributed by atoms with E-state index in [0.717, 1.165) is 4.90 Å². The Morgan fingerprint density at radius 3 is 2.35 bits per heavy atom. The van der Waals surface area contributed by atoms with Crippen LogP contribution in [0.1, 0.15) is 27.3 Å². The zero-order valence-corrected chi connectivity index (χ0v) is 17.3. The number of ether oxygens (including phenoxy) is 3. The van der Waals surface area contributed by atoms with Gasteiger partial charge in [0.1, 0.15) is 6.04 Å². The quantitative estimate of drug-likeness (QED) is 0.351. The lowest BCUT2D eigenvalue weighted by atomic mass is 10.2. The summed E-state index contributed by atoms with van der Waals surface area (Å²) in [6, 6.07) is 7.78. The van der Waals surface area contributed by atoms with Gasteiger partial charge in [-0.05, 0) is 36.4 Å². The summed E-state index contributed by atoms with van der Waals surface area (Å²) in [5.74, 6) is -2.15. The summed E-state index contributed by atoms with van der Waals surface area (Å²) in [6.07, 6.45) is 0.312. The molecule has 3 rings (SSSR count). The van der Waals surface area contributed by atoms with Crippen LogP contribution in [-0.2, 0) is 23.8 Å². The largest absolute Gasteiger partial charge is 0.465 e. The van der Waals surface area contributed by atoms with Crippen molar-refractivity contribution in [1.82, 2.24) is 4.90 Å². The molecule has 1 saturated heterocycles. The van der Waals surface area contributed by atoms with E-state index in [9.17, 15) is 19.2 Å². The molecule has 31 heavy (non-hydrogen) atoms. The van der Waals surface area contributed by atoms with Crippen molar-refractivity contribution in [2.75, 3.05) is 32.8 Å². The molecule has 1 atom stereocenters. The number of nitrogens with zero attached hydrogens (tertiary/aromatic N) is 2. The molecule has 1 aliphatic rings. The van der Waals surface area contributed by atoms with E-state index in [-0.39, 0.29) is 30.0 Å². The molecular formula is C21H22N2O8. The van der Waals surface area contributed by atoms with Gasteiger partial charge in [-0.15, -0.1) is 0 Å². The standard InChI is InChI=1S/C21H22N2O8/c1-28-18(29-2)12-22(20(26)16-5-4-10-31-16)15-11-17(24)23(19(15)25)14-8-6-13(7-9-14)21(27)30-3/h4-10,15,18H,11-12H2,1-3H3. The third-order valence-corrected chi connectivity index (χ3v) is 4.91. The summed E-state index contributed by atoms with van der Waals surface area (Å²) < 4.78 is 20.2. The van der Waals surface area contributed by atoms with Crippen molar-refractivity contribution in [3.63, 3.8) is 0 Å². The van der Waals surface area contributed by atoms with Crippen molar-refractivity contribution < 1.29 is 37.8 Å². The molecule has 0 spiro atoms. The first-order chi connectivity index (χ1) is 14.9. The minimum atomic E-state index is -1.07. The molecule has 10 nitrogen and oxygen atoms in total. The molecule has 1 aromatic carbocycles. The molecule has 0 bridgehead atoms. The number of rotatable bonds is 8. The predicted octanol–water partition coefficient (Wildman–Crippen LogP) is 1.46. The first-order valence-corrected chi connectivity index (χ1v) is 9.36. The number of hydrogen-bond donors (Lipinski definition) is 0. The maximum atomic E-state index is 13.2. The third-order valence-electron chi connectivity index (χ3n) is 4.91. The zero-order chi connectivity index (χ0) is 22.5. The van der Waals surface area contributed by atoms with Crippen molar-refractivity contribution in [2.45, 2.75) is 18.8 Å². The highest BCUT2D eigenvalue weighted by Crippen LogP contribution is 2.27. The lowest BCUT2D eigenvalue weighted by Gasteiger charge is -2.29. The number of methoxy groups -OCH3 is 3. The number of carbonyl (C=O) groups excluding carboxylic acids is 4. The normalized spacial score (nSPS) is 16.1. The number of carbonyl (C=O) groups is 4. The second kappa shape index (κ2) is 9.54. The van der Waals surface area contributed by atoms with E-state index >= 15 is 0 Å². The van der Waals surface area contributed by atoms with Gasteiger partial charge in [-0.25, -0.2) is 9.69 Å². The monoisotopic (exact) mass is 430 g/mol. The van der Waals surface area contributed by atoms with Crippen LogP contribution in [0.4, 0.5) is 5.69 Å². The minimum absolute atomic E-state index is 0.0205. The van der Waals surface area contributed by atoms with E-state index in [1.54, 1.807) is 6.07 Å². The zero-order valence-electron chi connectivity index (χ0n) is 17.3. The molecular weight excluding hydrogens is 408 g/mol. The van der Waals surface area contributed by atoms with Gasteiger partial charge in [0.05, 0.1) is 37.6 Å². The maximum Gasteiger partial charge on any atom is 0.337 e. The molecule has 10 heteroatoms. The summed E-state index contributed by atoms with van der Waals surface area (Å²) in [5.41, 5.74) is 0.560. The highest BCUT2D eigenvalue weighted by molar-refractivity contribution is 6.23. The van der Waals surface area contributed by atoms with Crippen molar-refractivity contribution in [2.24, 2.45) is 0 Å². The molecule has 2 aromatic rings. The highest BCUT2D eigenvalue weighted by Gasteiger charge is 2.45. The van der Waals surface area contributed by atoms with Crippen molar-refractivity contribution in [1.29, 1.82) is 0 Å². The molecule has 1 fully saturated rings. The molecule has 0 radical (unpaired) electrons. The van der Waals surface area contributed by atoms with Gasteiger partial charge in [-0.2, -0.15) is 0 Å². The number of furan rings is 1. The Hall–Kier alpha value is -3.50. The lowest BCUT2D eigenvalue weighted by molar-refractivity contribution is -0.128. The second-order valence-corrected chi connectivity index (χ2v) is 6.66. The molecule has 2 heterocycles. The van der Waals surface area contributed by atoms with Gasteiger partial charge in [0.2, 0.25) is 5.91 Å². The Bertz CT molecular complexity index is 950. The Morgan fingerprint density at radius 2 is 1.81 bits per heavy atom. The maximum absolute atomic E-state index is 13.2. The van der Waals surface area contributed by atoms with Crippen molar-refractivity contribution in [3.8, 4) is 0 Å². The van der Waals surface area contributed by atoms with E-state index in [1.165, 1.54) is 62.8 Å². The SMILES string of the molecule is COC(=O)c1ccc(N2C(=O)CC(N(CC(OC)OC)C(=O)c3ccco3)C2=O)cc1. The first kappa shape index (κ1) is 22.2. The molecule has 164 valence electrons. The topological polar surface area (TPSA) is 116 Å². The Kier molecular flexibility index (Phi) is 6.83. The van der Waals surface area contributed by atoms with Crippen molar-refractivity contribution >= 4 is 29.4 Å². The average Bonchev–Trinajstić information content (AvgIpc) is 3.42. The van der Waals surface area contributed by atoms with Gasteiger partial charge >= 0.3 is 5.97 Å². The van der Waals surface area contributed by atoms with Crippen LogP contribution < -0.4 is 4.90 Å². The van der Waals surface area contributed by atoms with Gasteiger partial charge in [0.15, 0.2) is 12.1 Å². The van der Waals surface area contributed by atoms with Gasteiger partial charge in [0, 0.05) is 14.2 Å². The fourth-order valence-electron chi connectivity index (χ4n) is 3.29. The van der Waals surface area contributed by atoms with Crippen LogP contribution in [0.2, 0.25) is 0 Å². The van der Waals surface area contributed by atoms with E-state index < -0.39 is 36.0 Å². The first-order valence-electron chi connectivity index (χ1n) is 9.36. The van der Waals surface area contributed by atoms with Gasteiger partial charge in [0.25, 0.3) is 11.8 Å². The Morgan fingerprint density at radius 1 is 1.13 bits per heavy atom. The van der Waals surface area contributed by atoms with Crippen LogP contribution >= 0.6 is 0 Å². The van der Waals surface area contributed by atoms with Crippen LogP contribution in [0.15, 0.2) is 47.1 Å². The minimum Gasteiger partial charge on any atom is -0.465 e. The number of hydrogen-bond acceptors (Lipinski definition) is 8. The fraction of sp³-hybridized carbons (Fsp3) is 0.333. The van der Waals surface area contributed by atoms with Crippen LogP contribution in [0.5, 0.6) is 0 Å². The van der Waals surface area contributed by atoms with E-state index in [4.69, 9.17) is 13.9 Å². The molecule has 1 aromatic heterocycles. The van der Waals surface area contributed by atoms with Crippen LogP contribution in [0.3, 0.4) is 0 Å². The molecule has 0 aliphatic carbocycles. The highest BCUT2D eigenvalue weighted by atomic mass is 16.7. The Balaban J connectivity index is 1.89.